The highest BCUT2D eigenvalue weighted by atomic mass is 35.5. The van der Waals surface area contributed by atoms with E-state index in [9.17, 15) is 4.79 Å². The van der Waals surface area contributed by atoms with Crippen LogP contribution in [0, 0.1) is 0 Å². The minimum atomic E-state index is -0.332. The van der Waals surface area contributed by atoms with Gasteiger partial charge in [0, 0.05) is 10.7 Å². The number of carbonyl (C=O) groups excluding carboxylic acids is 1. The number of carbonyl (C=O) groups is 1. The van der Waals surface area contributed by atoms with E-state index in [0.717, 1.165) is 29.1 Å². The Morgan fingerprint density at radius 1 is 1.35 bits per heavy atom. The Labute approximate surface area is 122 Å². The van der Waals surface area contributed by atoms with Crippen LogP contribution in [0.2, 0.25) is 5.02 Å². The number of fused-ring (bicyclic) bond motifs is 1. The van der Waals surface area contributed by atoms with Crippen LogP contribution in [-0.2, 0) is 11.2 Å². The molecule has 102 valence electrons. The fourth-order valence-electron chi connectivity index (χ4n) is 2.54. The maximum atomic E-state index is 11.5. The quantitative estimate of drug-likeness (QED) is 0.850. The molecule has 0 amide bonds. The average Bonchev–Trinajstić information content (AvgIpc) is 3.00. The van der Waals surface area contributed by atoms with Gasteiger partial charge in [-0.1, -0.05) is 23.7 Å². The molecule has 3 nitrogen and oxygen atoms in total. The molecule has 1 aliphatic rings. The molecule has 1 N–H and O–H groups in total. The van der Waals surface area contributed by atoms with Gasteiger partial charge in [-0.2, -0.15) is 0 Å². The number of halogens is 1. The highest BCUT2D eigenvalue weighted by Gasteiger charge is 2.21. The van der Waals surface area contributed by atoms with Crippen molar-refractivity contribution in [1.82, 2.24) is 4.98 Å². The van der Waals surface area contributed by atoms with Gasteiger partial charge in [0.25, 0.3) is 0 Å². The first-order chi connectivity index (χ1) is 9.67. The van der Waals surface area contributed by atoms with E-state index in [4.69, 9.17) is 16.3 Å². The molecule has 0 unspecified atom stereocenters. The van der Waals surface area contributed by atoms with Gasteiger partial charge in [-0.05, 0) is 53.8 Å². The van der Waals surface area contributed by atoms with Gasteiger partial charge >= 0.3 is 5.97 Å². The first-order valence-corrected chi connectivity index (χ1v) is 6.82. The van der Waals surface area contributed by atoms with Crippen LogP contribution >= 0.6 is 11.6 Å². The summed E-state index contributed by atoms with van der Waals surface area (Å²) in [4.78, 5) is 14.7. The third-order valence-electron chi connectivity index (χ3n) is 3.48. The van der Waals surface area contributed by atoms with E-state index >= 15 is 0 Å². The van der Waals surface area contributed by atoms with E-state index in [1.165, 1.54) is 18.2 Å². The third-order valence-corrected chi connectivity index (χ3v) is 3.71. The minimum absolute atomic E-state index is 0.332. The van der Waals surface area contributed by atoms with E-state index in [-0.39, 0.29) is 5.97 Å². The Bertz CT molecular complexity index is 700. The van der Waals surface area contributed by atoms with Gasteiger partial charge in [-0.3, -0.25) is 0 Å². The van der Waals surface area contributed by atoms with Gasteiger partial charge in [0.2, 0.25) is 0 Å². The fourth-order valence-corrected chi connectivity index (χ4v) is 2.74. The molecule has 1 aliphatic carbocycles. The number of hydrogen-bond donors (Lipinski definition) is 1. The summed E-state index contributed by atoms with van der Waals surface area (Å²) < 4.78 is 4.74. The number of rotatable bonds is 2. The van der Waals surface area contributed by atoms with Gasteiger partial charge < -0.3 is 9.72 Å². The van der Waals surface area contributed by atoms with E-state index < -0.39 is 0 Å². The zero-order chi connectivity index (χ0) is 14.1. The number of benzene rings is 1. The minimum Gasteiger partial charge on any atom is -0.464 e. The predicted octanol–water partition coefficient (Wildman–Crippen LogP) is 3.94. The van der Waals surface area contributed by atoms with Crippen molar-refractivity contribution in [2.75, 3.05) is 7.11 Å². The first kappa shape index (κ1) is 13.0. The van der Waals surface area contributed by atoms with Crippen LogP contribution in [-0.4, -0.2) is 18.1 Å². The van der Waals surface area contributed by atoms with Crippen molar-refractivity contribution in [3.05, 3.63) is 57.9 Å². The zero-order valence-electron chi connectivity index (χ0n) is 11.1. The summed E-state index contributed by atoms with van der Waals surface area (Å²) >= 11 is 6.00. The third kappa shape index (κ3) is 2.37. The number of H-pyrrole nitrogens is 1. The Morgan fingerprint density at radius 3 is 2.95 bits per heavy atom. The topological polar surface area (TPSA) is 42.1 Å². The molecule has 0 saturated carbocycles. The highest BCUT2D eigenvalue weighted by molar-refractivity contribution is 6.30. The van der Waals surface area contributed by atoms with Crippen LogP contribution in [0.4, 0.5) is 0 Å². The second-order valence-electron chi connectivity index (χ2n) is 4.80. The van der Waals surface area contributed by atoms with Crippen molar-refractivity contribution >= 4 is 29.2 Å². The number of esters is 1. The van der Waals surface area contributed by atoms with E-state index in [1.807, 2.05) is 30.3 Å². The normalized spacial score (nSPS) is 15.4. The molecule has 4 heteroatoms. The number of hydrogen-bond acceptors (Lipinski definition) is 2. The molecule has 2 aromatic rings. The summed E-state index contributed by atoms with van der Waals surface area (Å²) in [7, 11) is 1.39. The fraction of sp³-hybridized carbons (Fsp3) is 0.188. The number of methoxy groups -OCH3 is 1. The summed E-state index contributed by atoms with van der Waals surface area (Å²) in [6.45, 7) is 0. The molecule has 0 radical (unpaired) electrons. The Balaban J connectivity index is 1.96. The van der Waals surface area contributed by atoms with Crippen LogP contribution in [0.15, 0.2) is 30.3 Å². The number of ether oxygens (including phenoxy) is 1. The molecule has 0 saturated heterocycles. The smallest absolute Gasteiger partial charge is 0.354 e. The number of aryl methyl sites for hydroxylation is 1. The molecular formula is C16H14ClNO2. The van der Waals surface area contributed by atoms with Crippen LogP contribution < -0.4 is 0 Å². The van der Waals surface area contributed by atoms with E-state index in [0.29, 0.717) is 5.69 Å². The Morgan fingerprint density at radius 2 is 2.20 bits per heavy atom. The molecule has 0 bridgehead atoms. The summed E-state index contributed by atoms with van der Waals surface area (Å²) in [6.07, 6.45) is 4.01. The van der Waals surface area contributed by atoms with Crippen LogP contribution in [0.3, 0.4) is 0 Å². The van der Waals surface area contributed by atoms with Crippen LogP contribution in [0.5, 0.6) is 0 Å². The molecule has 0 spiro atoms. The van der Waals surface area contributed by atoms with Crippen molar-refractivity contribution in [3.8, 4) is 0 Å². The summed E-state index contributed by atoms with van der Waals surface area (Å²) in [5.74, 6) is -0.332. The molecule has 0 aliphatic heterocycles. The predicted molar refractivity (Wildman–Crippen MR) is 79.8 cm³/mol. The van der Waals surface area contributed by atoms with Crippen molar-refractivity contribution in [2.24, 2.45) is 0 Å². The van der Waals surface area contributed by atoms with Crippen LogP contribution in [0.25, 0.3) is 11.6 Å². The monoisotopic (exact) mass is 287 g/mol. The zero-order valence-corrected chi connectivity index (χ0v) is 11.8. The molecular weight excluding hydrogens is 274 g/mol. The number of aromatic nitrogens is 1. The number of nitrogens with one attached hydrogen (secondary N) is 1. The lowest BCUT2D eigenvalue weighted by atomic mass is 10.1. The van der Waals surface area contributed by atoms with Gasteiger partial charge in [-0.15, -0.1) is 0 Å². The lowest BCUT2D eigenvalue weighted by molar-refractivity contribution is 0.0594. The SMILES string of the molecule is COC(=O)c1cc2c([nH]1)/C(=C/c1cccc(Cl)c1)CC2. The largest absolute Gasteiger partial charge is 0.464 e. The summed E-state index contributed by atoms with van der Waals surface area (Å²) in [6, 6.07) is 9.60. The van der Waals surface area contributed by atoms with Gasteiger partial charge in [-0.25, -0.2) is 4.79 Å². The maximum absolute atomic E-state index is 11.5. The molecule has 3 rings (SSSR count). The molecule has 20 heavy (non-hydrogen) atoms. The van der Waals surface area contributed by atoms with Gasteiger partial charge in [0.1, 0.15) is 5.69 Å². The first-order valence-electron chi connectivity index (χ1n) is 6.44. The second-order valence-corrected chi connectivity index (χ2v) is 5.24. The highest BCUT2D eigenvalue weighted by Crippen LogP contribution is 2.34. The standard InChI is InChI=1S/C16H14ClNO2/c1-20-16(19)14-9-12-6-5-11(15(12)18-14)7-10-3-2-4-13(17)8-10/h2-4,7-9,18H,5-6H2,1H3/b11-7+. The summed E-state index contributed by atoms with van der Waals surface area (Å²) in [5.41, 5.74) is 4.96. The summed E-state index contributed by atoms with van der Waals surface area (Å²) in [5, 5.41) is 0.722. The maximum Gasteiger partial charge on any atom is 0.354 e. The lowest BCUT2D eigenvalue weighted by Crippen LogP contribution is -2.01. The number of allylic oxidation sites excluding steroid dienone is 1. The van der Waals surface area contributed by atoms with Gasteiger partial charge in [0.15, 0.2) is 0 Å². The van der Waals surface area contributed by atoms with Crippen molar-refractivity contribution in [2.45, 2.75) is 12.8 Å². The molecule has 1 heterocycles. The molecule has 1 aromatic heterocycles. The van der Waals surface area contributed by atoms with Crippen molar-refractivity contribution in [3.63, 3.8) is 0 Å². The Kier molecular flexibility index (Phi) is 3.36. The van der Waals surface area contributed by atoms with E-state index in [2.05, 4.69) is 11.1 Å². The number of aromatic amines is 1. The van der Waals surface area contributed by atoms with Crippen LogP contribution in [0.1, 0.15) is 33.7 Å². The van der Waals surface area contributed by atoms with Crippen molar-refractivity contribution in [1.29, 1.82) is 0 Å². The molecule has 1 aromatic carbocycles. The van der Waals surface area contributed by atoms with E-state index in [1.54, 1.807) is 0 Å². The average molecular weight is 288 g/mol. The Hall–Kier alpha value is -2.00. The van der Waals surface area contributed by atoms with Crippen molar-refractivity contribution < 1.29 is 9.53 Å². The molecule has 0 fully saturated rings. The molecule has 0 atom stereocenters. The second kappa shape index (κ2) is 5.17. The lowest BCUT2D eigenvalue weighted by Gasteiger charge is -2.00. The van der Waals surface area contributed by atoms with Gasteiger partial charge in [0.05, 0.1) is 7.11 Å².